The molecule has 1 rings (SSSR count). The number of rotatable bonds is 16. The van der Waals surface area contributed by atoms with Crippen LogP contribution in [-0.4, -0.2) is 44.9 Å². The van der Waals surface area contributed by atoms with Crippen LogP contribution in [0.3, 0.4) is 0 Å². The fourth-order valence-corrected chi connectivity index (χ4v) is 2.92. The number of ether oxygens (including phenoxy) is 4. The third kappa shape index (κ3) is 9.97. The van der Waals surface area contributed by atoms with Crippen LogP contribution in [0.15, 0.2) is 0 Å². The van der Waals surface area contributed by atoms with E-state index in [1.165, 1.54) is 38.5 Å². The van der Waals surface area contributed by atoms with Gasteiger partial charge in [-0.25, -0.2) is 0 Å². The summed E-state index contributed by atoms with van der Waals surface area (Å²) in [6.07, 6.45) is 11.5. The predicted molar refractivity (Wildman–Crippen MR) is 98.4 cm³/mol. The first kappa shape index (κ1) is 21.9. The Labute approximate surface area is 149 Å². The molecule has 0 aromatic rings. The maximum absolute atomic E-state index is 6.07. The topological polar surface area (TPSA) is 36.9 Å². The fraction of sp³-hybridized carbons (Fsp3) is 1.00. The number of hydrogen-bond donors (Lipinski definition) is 0. The largest absolute Gasteiger partial charge is 0.379 e. The smallest absolute Gasteiger partial charge is 0.160 e. The lowest BCUT2D eigenvalue weighted by Gasteiger charge is -2.19. The molecule has 4 nitrogen and oxygen atoms in total. The van der Waals surface area contributed by atoms with Crippen LogP contribution in [-0.2, 0) is 18.9 Å². The average Bonchev–Trinajstić information content (AvgIpc) is 2.97. The van der Waals surface area contributed by atoms with Crippen molar-refractivity contribution in [2.24, 2.45) is 0 Å². The molecular formula is C20H40O4. The minimum Gasteiger partial charge on any atom is -0.379 e. The van der Waals surface area contributed by atoms with Gasteiger partial charge in [-0.1, -0.05) is 59.3 Å². The van der Waals surface area contributed by atoms with Gasteiger partial charge in [0.1, 0.15) is 6.10 Å². The molecule has 0 bridgehead atoms. The van der Waals surface area contributed by atoms with Crippen LogP contribution in [0.2, 0.25) is 0 Å². The van der Waals surface area contributed by atoms with Crippen molar-refractivity contribution in [3.63, 3.8) is 0 Å². The maximum atomic E-state index is 6.07. The van der Waals surface area contributed by atoms with E-state index in [0.717, 1.165) is 45.5 Å². The van der Waals surface area contributed by atoms with Crippen LogP contribution in [0.5, 0.6) is 0 Å². The Bertz CT molecular complexity index is 272. The van der Waals surface area contributed by atoms with Crippen LogP contribution < -0.4 is 0 Å². The molecular weight excluding hydrogens is 304 g/mol. The molecule has 3 atom stereocenters. The molecule has 1 saturated heterocycles. The molecule has 1 fully saturated rings. The molecule has 0 aliphatic carbocycles. The zero-order valence-electron chi connectivity index (χ0n) is 16.3. The van der Waals surface area contributed by atoms with Crippen LogP contribution >= 0.6 is 0 Å². The summed E-state index contributed by atoms with van der Waals surface area (Å²) in [5.41, 5.74) is 0. The summed E-state index contributed by atoms with van der Waals surface area (Å²) < 4.78 is 23.8. The molecule has 0 saturated carbocycles. The third-order valence-electron chi connectivity index (χ3n) is 4.47. The Morgan fingerprint density at radius 1 is 0.750 bits per heavy atom. The molecule has 1 aliphatic rings. The lowest BCUT2D eigenvalue weighted by Crippen LogP contribution is -2.29. The minimum absolute atomic E-state index is 0.0180. The molecule has 0 radical (unpaired) electrons. The SMILES string of the molecule is CCCCCOC[C@H]1O[C@H](OCCCCC)C[C@@H]1OCCCCC. The van der Waals surface area contributed by atoms with E-state index in [2.05, 4.69) is 20.8 Å². The van der Waals surface area contributed by atoms with E-state index in [1.807, 2.05) is 0 Å². The van der Waals surface area contributed by atoms with Gasteiger partial charge in [0.15, 0.2) is 6.29 Å². The molecule has 0 amide bonds. The molecule has 0 N–H and O–H groups in total. The van der Waals surface area contributed by atoms with Crippen molar-refractivity contribution in [3.05, 3.63) is 0 Å². The predicted octanol–water partition coefficient (Wildman–Crippen LogP) is 5.09. The van der Waals surface area contributed by atoms with E-state index < -0.39 is 0 Å². The Morgan fingerprint density at radius 3 is 1.96 bits per heavy atom. The van der Waals surface area contributed by atoms with Crippen molar-refractivity contribution in [1.29, 1.82) is 0 Å². The average molecular weight is 345 g/mol. The van der Waals surface area contributed by atoms with Gasteiger partial charge in [0.25, 0.3) is 0 Å². The van der Waals surface area contributed by atoms with Gasteiger partial charge in [-0.05, 0) is 19.3 Å². The van der Waals surface area contributed by atoms with Gasteiger partial charge >= 0.3 is 0 Å². The summed E-state index contributed by atoms with van der Waals surface area (Å²) in [5.74, 6) is 0. The van der Waals surface area contributed by atoms with Crippen molar-refractivity contribution in [3.8, 4) is 0 Å². The van der Waals surface area contributed by atoms with Crippen LogP contribution in [0.1, 0.15) is 85.0 Å². The van der Waals surface area contributed by atoms with Crippen LogP contribution in [0, 0.1) is 0 Å². The maximum Gasteiger partial charge on any atom is 0.160 e. The van der Waals surface area contributed by atoms with Crippen molar-refractivity contribution in [2.45, 2.75) is 103 Å². The van der Waals surface area contributed by atoms with Gasteiger partial charge in [0, 0.05) is 26.2 Å². The van der Waals surface area contributed by atoms with Gasteiger partial charge in [0.05, 0.1) is 12.7 Å². The van der Waals surface area contributed by atoms with E-state index in [-0.39, 0.29) is 18.5 Å². The molecule has 1 heterocycles. The van der Waals surface area contributed by atoms with Gasteiger partial charge in [0.2, 0.25) is 0 Å². The van der Waals surface area contributed by atoms with Gasteiger partial charge in [-0.15, -0.1) is 0 Å². The highest BCUT2D eigenvalue weighted by Crippen LogP contribution is 2.25. The second-order valence-electron chi connectivity index (χ2n) is 6.82. The minimum atomic E-state index is -0.123. The number of hydrogen-bond acceptors (Lipinski definition) is 4. The Balaban J connectivity index is 2.28. The summed E-state index contributed by atoms with van der Waals surface area (Å²) in [4.78, 5) is 0. The second kappa shape index (κ2) is 15.1. The summed E-state index contributed by atoms with van der Waals surface area (Å²) in [5, 5.41) is 0. The molecule has 144 valence electrons. The zero-order valence-corrected chi connectivity index (χ0v) is 16.3. The Hall–Kier alpha value is -0.160. The van der Waals surface area contributed by atoms with Crippen molar-refractivity contribution in [2.75, 3.05) is 26.4 Å². The molecule has 0 spiro atoms. The molecule has 4 heteroatoms. The molecule has 24 heavy (non-hydrogen) atoms. The highest BCUT2D eigenvalue weighted by molar-refractivity contribution is 4.80. The van der Waals surface area contributed by atoms with Gasteiger partial charge in [-0.3, -0.25) is 0 Å². The molecule has 0 aromatic carbocycles. The van der Waals surface area contributed by atoms with E-state index >= 15 is 0 Å². The summed E-state index contributed by atoms with van der Waals surface area (Å²) >= 11 is 0. The molecule has 0 aromatic heterocycles. The summed E-state index contributed by atoms with van der Waals surface area (Å²) in [6.45, 7) is 9.67. The standard InChI is InChI=1S/C20H40O4/c1-4-7-10-13-21-17-19-18(22-14-11-8-5-2)16-20(24-19)23-15-12-9-6-3/h18-20H,4-17H2,1-3H3/t18-,19+,20-/m0/s1. The van der Waals surface area contributed by atoms with Crippen LogP contribution in [0.4, 0.5) is 0 Å². The summed E-state index contributed by atoms with van der Waals surface area (Å²) in [7, 11) is 0. The second-order valence-corrected chi connectivity index (χ2v) is 6.82. The van der Waals surface area contributed by atoms with Crippen molar-refractivity contribution < 1.29 is 18.9 Å². The summed E-state index contributed by atoms with van der Waals surface area (Å²) in [6, 6.07) is 0. The lowest BCUT2D eigenvalue weighted by molar-refractivity contribution is -0.150. The van der Waals surface area contributed by atoms with E-state index in [9.17, 15) is 0 Å². The first-order valence-corrected chi connectivity index (χ1v) is 10.3. The van der Waals surface area contributed by atoms with Crippen molar-refractivity contribution in [1.82, 2.24) is 0 Å². The first-order chi connectivity index (χ1) is 11.8. The fourth-order valence-electron chi connectivity index (χ4n) is 2.92. The van der Waals surface area contributed by atoms with Gasteiger partial charge < -0.3 is 18.9 Å². The van der Waals surface area contributed by atoms with Gasteiger partial charge in [-0.2, -0.15) is 0 Å². The van der Waals surface area contributed by atoms with E-state index in [0.29, 0.717) is 6.61 Å². The van der Waals surface area contributed by atoms with Crippen molar-refractivity contribution >= 4 is 0 Å². The third-order valence-corrected chi connectivity index (χ3v) is 4.47. The first-order valence-electron chi connectivity index (χ1n) is 10.3. The molecule has 0 unspecified atom stereocenters. The highest BCUT2D eigenvalue weighted by Gasteiger charge is 2.36. The monoisotopic (exact) mass is 344 g/mol. The lowest BCUT2D eigenvalue weighted by atomic mass is 10.2. The van der Waals surface area contributed by atoms with E-state index in [4.69, 9.17) is 18.9 Å². The Morgan fingerprint density at radius 2 is 1.33 bits per heavy atom. The number of unbranched alkanes of at least 4 members (excludes halogenated alkanes) is 6. The van der Waals surface area contributed by atoms with E-state index in [1.54, 1.807) is 0 Å². The Kier molecular flexibility index (Phi) is 13.8. The van der Waals surface area contributed by atoms with Crippen LogP contribution in [0.25, 0.3) is 0 Å². The normalized spacial score (nSPS) is 23.9. The highest BCUT2D eigenvalue weighted by atomic mass is 16.7. The zero-order chi connectivity index (χ0) is 17.5. The molecule has 1 aliphatic heterocycles. The quantitative estimate of drug-likeness (QED) is 0.365.